The van der Waals surface area contributed by atoms with Crippen molar-refractivity contribution in [3.8, 4) is 0 Å². The van der Waals surface area contributed by atoms with Gasteiger partial charge in [0.2, 0.25) is 5.91 Å². The van der Waals surface area contributed by atoms with Crippen molar-refractivity contribution in [2.75, 3.05) is 25.1 Å². The number of carbonyl (C=O) groups excluding carboxylic acids is 3. The smallest absolute Gasteiger partial charge is 0.251 e. The zero-order chi connectivity index (χ0) is 22.9. The van der Waals surface area contributed by atoms with E-state index in [2.05, 4.69) is 22.9 Å². The highest BCUT2D eigenvalue weighted by molar-refractivity contribution is 5.99. The summed E-state index contributed by atoms with van der Waals surface area (Å²) in [5.74, 6) is -0.738. The SMILES string of the molecule is CC.CCNc1ccc(C(=O)NC(CC2(C)CCCC2)C(=O)N[C@H]2COCC2=O)cc1. The van der Waals surface area contributed by atoms with Crippen molar-refractivity contribution in [3.05, 3.63) is 29.8 Å². The third-order valence-electron chi connectivity index (χ3n) is 5.89. The Labute approximate surface area is 185 Å². The molecule has 1 aromatic rings. The average molecular weight is 432 g/mol. The summed E-state index contributed by atoms with van der Waals surface area (Å²) in [6.07, 6.45) is 4.91. The van der Waals surface area contributed by atoms with Gasteiger partial charge in [0.25, 0.3) is 5.91 Å². The van der Waals surface area contributed by atoms with Crippen LogP contribution in [-0.4, -0.2) is 49.4 Å². The number of carbonyl (C=O) groups is 3. The van der Waals surface area contributed by atoms with E-state index >= 15 is 0 Å². The van der Waals surface area contributed by atoms with Gasteiger partial charge in [-0.2, -0.15) is 0 Å². The van der Waals surface area contributed by atoms with Crippen molar-refractivity contribution in [2.24, 2.45) is 5.41 Å². The Morgan fingerprint density at radius 2 is 1.81 bits per heavy atom. The molecule has 1 aromatic carbocycles. The Bertz CT molecular complexity index is 742. The van der Waals surface area contributed by atoms with Gasteiger partial charge in [-0.15, -0.1) is 0 Å². The highest BCUT2D eigenvalue weighted by atomic mass is 16.5. The number of ketones is 1. The first-order chi connectivity index (χ1) is 14.9. The molecule has 1 unspecified atom stereocenters. The molecule has 1 aliphatic carbocycles. The van der Waals surface area contributed by atoms with E-state index in [9.17, 15) is 14.4 Å². The van der Waals surface area contributed by atoms with Crippen LogP contribution < -0.4 is 16.0 Å². The lowest BCUT2D eigenvalue weighted by molar-refractivity contribution is -0.127. The summed E-state index contributed by atoms with van der Waals surface area (Å²) in [7, 11) is 0. The Balaban J connectivity index is 0.00000166. The quantitative estimate of drug-likeness (QED) is 0.587. The first-order valence-electron chi connectivity index (χ1n) is 11.5. The highest BCUT2D eigenvalue weighted by Crippen LogP contribution is 2.41. The minimum Gasteiger partial charge on any atom is -0.385 e. The minimum atomic E-state index is -0.688. The fourth-order valence-electron chi connectivity index (χ4n) is 4.19. The van der Waals surface area contributed by atoms with E-state index < -0.39 is 12.1 Å². The van der Waals surface area contributed by atoms with Gasteiger partial charge in [0.15, 0.2) is 5.78 Å². The molecular formula is C24H37N3O4. The second-order valence-electron chi connectivity index (χ2n) is 8.40. The van der Waals surface area contributed by atoms with Crippen LogP contribution in [0.15, 0.2) is 24.3 Å². The van der Waals surface area contributed by atoms with E-state index in [4.69, 9.17) is 4.74 Å². The lowest BCUT2D eigenvalue weighted by atomic mass is 9.81. The summed E-state index contributed by atoms with van der Waals surface area (Å²) >= 11 is 0. The number of anilines is 1. The number of hydrogen-bond acceptors (Lipinski definition) is 5. The van der Waals surface area contributed by atoms with Gasteiger partial charge < -0.3 is 20.7 Å². The molecule has 172 valence electrons. The lowest BCUT2D eigenvalue weighted by Gasteiger charge is -2.29. The Kier molecular flexibility index (Phi) is 9.49. The van der Waals surface area contributed by atoms with Gasteiger partial charge in [-0.05, 0) is 55.9 Å². The van der Waals surface area contributed by atoms with Crippen molar-refractivity contribution in [3.63, 3.8) is 0 Å². The third-order valence-corrected chi connectivity index (χ3v) is 5.89. The van der Waals surface area contributed by atoms with Gasteiger partial charge in [0.1, 0.15) is 18.7 Å². The van der Waals surface area contributed by atoms with Gasteiger partial charge in [-0.1, -0.05) is 33.6 Å². The predicted octanol–water partition coefficient (Wildman–Crippen LogP) is 3.30. The van der Waals surface area contributed by atoms with Crippen LogP contribution in [0.1, 0.15) is 70.2 Å². The second kappa shape index (κ2) is 11.8. The number of rotatable bonds is 8. The fraction of sp³-hybridized carbons (Fsp3) is 0.625. The highest BCUT2D eigenvalue weighted by Gasteiger charge is 2.37. The molecule has 0 radical (unpaired) electrons. The minimum absolute atomic E-state index is 0.0143. The van der Waals surface area contributed by atoms with E-state index in [0.29, 0.717) is 12.0 Å². The normalized spacial score (nSPS) is 20.4. The monoisotopic (exact) mass is 431 g/mol. The topological polar surface area (TPSA) is 96.5 Å². The molecule has 2 amide bonds. The maximum absolute atomic E-state index is 12.9. The first-order valence-corrected chi connectivity index (χ1v) is 11.5. The summed E-state index contributed by atoms with van der Waals surface area (Å²) in [4.78, 5) is 37.6. The van der Waals surface area contributed by atoms with Crippen LogP contribution in [0.2, 0.25) is 0 Å². The number of amides is 2. The largest absolute Gasteiger partial charge is 0.385 e. The number of Topliss-reactive ketones (excluding diaryl/α,β-unsaturated/α-hetero) is 1. The fourth-order valence-corrected chi connectivity index (χ4v) is 4.19. The second-order valence-corrected chi connectivity index (χ2v) is 8.40. The number of benzene rings is 1. The molecule has 2 atom stereocenters. The zero-order valence-electron chi connectivity index (χ0n) is 19.3. The van der Waals surface area contributed by atoms with Crippen molar-refractivity contribution < 1.29 is 19.1 Å². The van der Waals surface area contributed by atoms with Gasteiger partial charge in [0.05, 0.1) is 6.61 Å². The van der Waals surface area contributed by atoms with E-state index in [-0.39, 0.29) is 36.2 Å². The van der Waals surface area contributed by atoms with Crippen molar-refractivity contribution >= 4 is 23.3 Å². The van der Waals surface area contributed by atoms with Crippen LogP contribution in [0.4, 0.5) is 5.69 Å². The van der Waals surface area contributed by atoms with Gasteiger partial charge >= 0.3 is 0 Å². The van der Waals surface area contributed by atoms with Crippen molar-refractivity contribution in [2.45, 2.75) is 71.9 Å². The summed E-state index contributed by atoms with van der Waals surface area (Å²) in [6, 6.07) is 5.87. The maximum atomic E-state index is 12.9. The van der Waals surface area contributed by atoms with E-state index in [0.717, 1.165) is 37.9 Å². The zero-order valence-corrected chi connectivity index (χ0v) is 19.3. The van der Waals surface area contributed by atoms with Crippen LogP contribution >= 0.6 is 0 Å². The predicted molar refractivity (Wildman–Crippen MR) is 122 cm³/mol. The van der Waals surface area contributed by atoms with Gasteiger partial charge in [0, 0.05) is 17.8 Å². The molecule has 2 fully saturated rings. The summed E-state index contributed by atoms with van der Waals surface area (Å²) in [5.41, 5.74) is 1.46. The molecule has 0 bridgehead atoms. The molecule has 31 heavy (non-hydrogen) atoms. The van der Waals surface area contributed by atoms with Crippen molar-refractivity contribution in [1.82, 2.24) is 10.6 Å². The molecule has 7 heteroatoms. The Morgan fingerprint density at radius 3 is 2.35 bits per heavy atom. The Hall–Kier alpha value is -2.41. The van der Waals surface area contributed by atoms with Crippen LogP contribution in [-0.2, 0) is 14.3 Å². The number of nitrogens with one attached hydrogen (secondary N) is 3. The van der Waals surface area contributed by atoms with E-state index in [1.54, 1.807) is 12.1 Å². The molecule has 0 aromatic heterocycles. The standard InChI is InChI=1S/C22H31N3O4.C2H6/c1-3-23-16-8-6-15(7-9-16)20(27)24-17(12-22(2)10-4-5-11-22)21(28)25-18-13-29-14-19(18)26;1-2/h6-9,17-18,23H,3-5,10-14H2,1-2H3,(H,24,27)(H,25,28);1-2H3/t17?,18-;/m0./s1. The summed E-state index contributed by atoms with van der Waals surface area (Å²) in [5, 5.41) is 8.86. The van der Waals surface area contributed by atoms with Crippen LogP contribution in [0.3, 0.4) is 0 Å². The molecule has 1 aliphatic heterocycles. The molecule has 0 spiro atoms. The molecule has 1 heterocycles. The molecule has 3 rings (SSSR count). The van der Waals surface area contributed by atoms with Gasteiger partial charge in [-0.25, -0.2) is 0 Å². The molecule has 1 saturated carbocycles. The maximum Gasteiger partial charge on any atom is 0.251 e. The average Bonchev–Trinajstić information content (AvgIpc) is 3.38. The van der Waals surface area contributed by atoms with Crippen LogP contribution in [0, 0.1) is 5.41 Å². The first kappa shape index (κ1) is 24.9. The van der Waals surface area contributed by atoms with E-state index in [1.165, 1.54) is 0 Å². The van der Waals surface area contributed by atoms with Crippen LogP contribution in [0.5, 0.6) is 0 Å². The summed E-state index contributed by atoms with van der Waals surface area (Å²) < 4.78 is 5.13. The summed E-state index contributed by atoms with van der Waals surface area (Å²) in [6.45, 7) is 9.19. The van der Waals surface area contributed by atoms with E-state index in [1.807, 2.05) is 32.9 Å². The molecule has 2 aliphatic rings. The lowest BCUT2D eigenvalue weighted by Crippen LogP contribution is -2.52. The molecule has 3 N–H and O–H groups in total. The molecule has 7 nitrogen and oxygen atoms in total. The van der Waals surface area contributed by atoms with Crippen molar-refractivity contribution in [1.29, 1.82) is 0 Å². The third kappa shape index (κ3) is 7.06. The number of hydrogen-bond donors (Lipinski definition) is 3. The van der Waals surface area contributed by atoms with Gasteiger partial charge in [-0.3, -0.25) is 14.4 Å². The number of ether oxygens (including phenoxy) is 1. The van der Waals surface area contributed by atoms with Crippen LogP contribution in [0.25, 0.3) is 0 Å². The molecule has 1 saturated heterocycles. The molecular weight excluding hydrogens is 394 g/mol. The Morgan fingerprint density at radius 1 is 1.16 bits per heavy atom.